The zero-order valence-corrected chi connectivity index (χ0v) is 13.9. The number of aliphatic hydroxyl groups excluding tert-OH is 1. The van der Waals surface area contributed by atoms with E-state index in [9.17, 15) is 5.11 Å². The number of β-amino-alcohol motifs (C(OH)–C–C–N with tert-alkyl or cyclic N) is 1. The van der Waals surface area contributed by atoms with Crippen molar-refractivity contribution in [3.63, 3.8) is 0 Å². The number of morpholine rings is 1. The van der Waals surface area contributed by atoms with Crippen LogP contribution in [0, 0.1) is 5.92 Å². The molecule has 0 spiro atoms. The summed E-state index contributed by atoms with van der Waals surface area (Å²) in [7, 11) is 0. The lowest BCUT2D eigenvalue weighted by molar-refractivity contribution is 0.0143. The normalized spacial score (nSPS) is 19.3. The van der Waals surface area contributed by atoms with Gasteiger partial charge in [-0.2, -0.15) is 0 Å². The van der Waals surface area contributed by atoms with E-state index in [-0.39, 0.29) is 6.10 Å². The van der Waals surface area contributed by atoms with Crippen molar-refractivity contribution in [2.24, 2.45) is 5.92 Å². The Balaban J connectivity index is 1.82. The zero-order valence-electron chi connectivity index (χ0n) is 13.9. The first-order chi connectivity index (χ1) is 10.6. The molecule has 1 aliphatic rings. The molecule has 1 aliphatic heterocycles. The molecule has 0 amide bonds. The Labute approximate surface area is 134 Å². The summed E-state index contributed by atoms with van der Waals surface area (Å²) >= 11 is 0. The van der Waals surface area contributed by atoms with Gasteiger partial charge in [0.1, 0.15) is 0 Å². The minimum atomic E-state index is -0.337. The van der Waals surface area contributed by atoms with E-state index in [4.69, 9.17) is 4.74 Å². The second-order valence-corrected chi connectivity index (χ2v) is 6.57. The van der Waals surface area contributed by atoms with E-state index >= 15 is 0 Å². The highest BCUT2D eigenvalue weighted by Crippen LogP contribution is 2.20. The summed E-state index contributed by atoms with van der Waals surface area (Å²) < 4.78 is 5.34. The molecule has 2 atom stereocenters. The molecular weight excluding hydrogens is 276 g/mol. The van der Waals surface area contributed by atoms with Gasteiger partial charge in [-0.15, -0.1) is 0 Å². The van der Waals surface area contributed by atoms with Gasteiger partial charge >= 0.3 is 0 Å². The first-order valence-corrected chi connectivity index (χ1v) is 8.41. The predicted octanol–water partition coefficient (Wildman–Crippen LogP) is 2.06. The molecule has 1 saturated heterocycles. The molecule has 1 heterocycles. The lowest BCUT2D eigenvalue weighted by Gasteiger charge is -2.29. The summed E-state index contributed by atoms with van der Waals surface area (Å²) in [5, 5.41) is 13.8. The third kappa shape index (κ3) is 6.05. The Morgan fingerprint density at radius 1 is 1.18 bits per heavy atom. The molecule has 0 saturated carbocycles. The molecule has 4 heteroatoms. The van der Waals surface area contributed by atoms with Gasteiger partial charge in [-0.3, -0.25) is 4.90 Å². The SMILES string of the molecule is CC(C)CC(NCC(O)CN1CCOCC1)c1ccccc1. The highest BCUT2D eigenvalue weighted by atomic mass is 16.5. The van der Waals surface area contributed by atoms with E-state index in [0.29, 0.717) is 18.5 Å². The summed E-state index contributed by atoms with van der Waals surface area (Å²) in [6.45, 7) is 9.23. The van der Waals surface area contributed by atoms with Gasteiger partial charge in [-0.25, -0.2) is 0 Å². The number of hydrogen-bond acceptors (Lipinski definition) is 4. The van der Waals surface area contributed by atoms with Gasteiger partial charge in [0.05, 0.1) is 19.3 Å². The highest BCUT2D eigenvalue weighted by molar-refractivity contribution is 5.18. The molecule has 22 heavy (non-hydrogen) atoms. The van der Waals surface area contributed by atoms with Crippen molar-refractivity contribution in [1.82, 2.24) is 10.2 Å². The van der Waals surface area contributed by atoms with E-state index < -0.39 is 0 Å². The van der Waals surface area contributed by atoms with Gasteiger partial charge in [0, 0.05) is 32.2 Å². The van der Waals surface area contributed by atoms with Crippen molar-refractivity contribution in [3.05, 3.63) is 35.9 Å². The lowest BCUT2D eigenvalue weighted by atomic mass is 9.97. The Morgan fingerprint density at radius 3 is 2.50 bits per heavy atom. The smallest absolute Gasteiger partial charge is 0.0791 e. The molecule has 4 nitrogen and oxygen atoms in total. The summed E-state index contributed by atoms with van der Waals surface area (Å²) in [5.74, 6) is 0.620. The van der Waals surface area contributed by atoms with Crippen molar-refractivity contribution < 1.29 is 9.84 Å². The van der Waals surface area contributed by atoms with Gasteiger partial charge in [-0.05, 0) is 17.9 Å². The Morgan fingerprint density at radius 2 is 1.86 bits per heavy atom. The van der Waals surface area contributed by atoms with Crippen molar-refractivity contribution in [2.45, 2.75) is 32.4 Å². The second kappa shape index (κ2) is 9.26. The maximum Gasteiger partial charge on any atom is 0.0791 e. The zero-order chi connectivity index (χ0) is 15.8. The van der Waals surface area contributed by atoms with Crippen LogP contribution in [0.15, 0.2) is 30.3 Å². The molecule has 2 unspecified atom stereocenters. The molecule has 2 N–H and O–H groups in total. The van der Waals surface area contributed by atoms with Crippen molar-refractivity contribution in [3.8, 4) is 0 Å². The van der Waals surface area contributed by atoms with Gasteiger partial charge in [-0.1, -0.05) is 44.2 Å². The Kier molecular flexibility index (Phi) is 7.33. The highest BCUT2D eigenvalue weighted by Gasteiger charge is 2.17. The Bertz CT molecular complexity index is 405. The molecule has 1 fully saturated rings. The van der Waals surface area contributed by atoms with Crippen LogP contribution in [0.2, 0.25) is 0 Å². The topological polar surface area (TPSA) is 44.7 Å². The molecule has 1 aromatic rings. The second-order valence-electron chi connectivity index (χ2n) is 6.57. The Hall–Kier alpha value is -0.940. The summed E-state index contributed by atoms with van der Waals surface area (Å²) in [4.78, 5) is 2.27. The summed E-state index contributed by atoms with van der Waals surface area (Å²) in [5.41, 5.74) is 1.30. The number of hydrogen-bond donors (Lipinski definition) is 2. The fraction of sp³-hybridized carbons (Fsp3) is 0.667. The fourth-order valence-corrected chi connectivity index (χ4v) is 2.92. The molecule has 0 radical (unpaired) electrons. The lowest BCUT2D eigenvalue weighted by Crippen LogP contribution is -2.44. The van der Waals surface area contributed by atoms with Gasteiger partial charge in [0.2, 0.25) is 0 Å². The molecule has 0 bridgehead atoms. The van der Waals surface area contributed by atoms with Gasteiger partial charge < -0.3 is 15.2 Å². The predicted molar refractivity (Wildman–Crippen MR) is 89.9 cm³/mol. The largest absolute Gasteiger partial charge is 0.390 e. The third-order valence-electron chi connectivity index (χ3n) is 4.08. The maximum atomic E-state index is 10.3. The van der Waals surface area contributed by atoms with Crippen LogP contribution in [0.25, 0.3) is 0 Å². The van der Waals surface area contributed by atoms with Gasteiger partial charge in [0.15, 0.2) is 0 Å². The van der Waals surface area contributed by atoms with E-state index in [1.165, 1.54) is 5.56 Å². The first-order valence-electron chi connectivity index (χ1n) is 8.41. The molecule has 1 aromatic carbocycles. The molecular formula is C18H30N2O2. The number of benzene rings is 1. The van der Waals surface area contributed by atoms with E-state index in [2.05, 4.69) is 48.3 Å². The average Bonchev–Trinajstić information content (AvgIpc) is 2.53. The van der Waals surface area contributed by atoms with Crippen molar-refractivity contribution in [2.75, 3.05) is 39.4 Å². The molecule has 0 aromatic heterocycles. The number of nitrogens with zero attached hydrogens (tertiary/aromatic N) is 1. The minimum Gasteiger partial charge on any atom is -0.390 e. The maximum absolute atomic E-state index is 10.3. The summed E-state index contributed by atoms with van der Waals surface area (Å²) in [6.07, 6.45) is 0.741. The van der Waals surface area contributed by atoms with Crippen LogP contribution in [0.5, 0.6) is 0 Å². The van der Waals surface area contributed by atoms with Crippen molar-refractivity contribution >= 4 is 0 Å². The third-order valence-corrected chi connectivity index (χ3v) is 4.08. The van der Waals surface area contributed by atoms with Crippen LogP contribution < -0.4 is 5.32 Å². The van der Waals surface area contributed by atoms with Gasteiger partial charge in [0.25, 0.3) is 0 Å². The summed E-state index contributed by atoms with van der Waals surface area (Å²) in [6, 6.07) is 10.8. The molecule has 124 valence electrons. The van der Waals surface area contributed by atoms with Crippen molar-refractivity contribution in [1.29, 1.82) is 0 Å². The van der Waals surface area contributed by atoms with E-state index in [1.807, 2.05) is 6.07 Å². The number of ether oxygens (including phenoxy) is 1. The first kappa shape index (κ1) is 17.4. The van der Waals surface area contributed by atoms with E-state index in [0.717, 1.165) is 39.3 Å². The quantitative estimate of drug-likeness (QED) is 0.772. The average molecular weight is 306 g/mol. The fourth-order valence-electron chi connectivity index (χ4n) is 2.92. The minimum absolute atomic E-state index is 0.306. The van der Waals surface area contributed by atoms with Crippen LogP contribution in [-0.4, -0.2) is 55.5 Å². The number of nitrogens with one attached hydrogen (secondary N) is 1. The molecule has 0 aliphatic carbocycles. The van der Waals surface area contributed by atoms with Crippen LogP contribution in [0.4, 0.5) is 0 Å². The van der Waals surface area contributed by atoms with Crippen LogP contribution >= 0.6 is 0 Å². The number of rotatable bonds is 8. The van der Waals surface area contributed by atoms with Crippen LogP contribution in [-0.2, 0) is 4.74 Å². The monoisotopic (exact) mass is 306 g/mol. The van der Waals surface area contributed by atoms with Crippen LogP contribution in [0.3, 0.4) is 0 Å². The number of aliphatic hydroxyl groups is 1. The standard InChI is InChI=1S/C18H30N2O2/c1-15(2)12-18(16-6-4-3-5-7-16)19-13-17(21)14-20-8-10-22-11-9-20/h3-7,15,17-19,21H,8-14H2,1-2H3. The molecule has 2 rings (SSSR count). The van der Waals surface area contributed by atoms with Crippen LogP contribution in [0.1, 0.15) is 31.9 Å². The van der Waals surface area contributed by atoms with E-state index in [1.54, 1.807) is 0 Å².